The number of carbonyl (C=O) groups is 1. The van der Waals surface area contributed by atoms with Gasteiger partial charge in [0.05, 0.1) is 5.52 Å². The van der Waals surface area contributed by atoms with E-state index >= 15 is 0 Å². The molecule has 1 aromatic heterocycles. The van der Waals surface area contributed by atoms with Gasteiger partial charge < -0.3 is 10.6 Å². The molecule has 1 aliphatic heterocycles. The van der Waals surface area contributed by atoms with Crippen LogP contribution in [0, 0.1) is 0 Å². The molecule has 1 aliphatic rings. The average molecular weight is 269 g/mol. The standard InChI is InChI=1S/C16H19N3O/c20-16(19-12-5-1-2-9-17-11-12)14-6-3-8-15-13(14)7-4-10-18-15/h3-4,6-8,10,12,17H,1-2,5,9,11H2,(H,19,20). The van der Waals surface area contributed by atoms with E-state index in [1.807, 2.05) is 30.3 Å². The van der Waals surface area contributed by atoms with Gasteiger partial charge >= 0.3 is 0 Å². The minimum Gasteiger partial charge on any atom is -0.348 e. The molecule has 2 aromatic rings. The molecule has 1 amide bonds. The molecule has 3 rings (SSSR count). The Hall–Kier alpha value is -1.94. The van der Waals surface area contributed by atoms with Gasteiger partial charge in [0.1, 0.15) is 0 Å². The Labute approximate surface area is 118 Å². The molecule has 4 nitrogen and oxygen atoms in total. The van der Waals surface area contributed by atoms with Gasteiger partial charge in [-0.05, 0) is 37.6 Å². The maximum absolute atomic E-state index is 12.5. The van der Waals surface area contributed by atoms with E-state index in [9.17, 15) is 4.79 Å². The van der Waals surface area contributed by atoms with Gasteiger partial charge in [0.15, 0.2) is 0 Å². The van der Waals surface area contributed by atoms with Crippen molar-refractivity contribution in [3.05, 3.63) is 42.1 Å². The van der Waals surface area contributed by atoms with Crippen molar-refractivity contribution < 1.29 is 4.79 Å². The third-order valence-corrected chi connectivity index (χ3v) is 3.77. The Kier molecular flexibility index (Phi) is 3.92. The number of pyridine rings is 1. The second-order valence-electron chi connectivity index (χ2n) is 5.25. The molecule has 0 bridgehead atoms. The molecule has 1 fully saturated rings. The Balaban J connectivity index is 1.81. The number of rotatable bonds is 2. The van der Waals surface area contributed by atoms with E-state index in [-0.39, 0.29) is 11.9 Å². The van der Waals surface area contributed by atoms with Crippen molar-refractivity contribution in [1.82, 2.24) is 15.6 Å². The molecule has 0 radical (unpaired) electrons. The molecule has 4 heteroatoms. The van der Waals surface area contributed by atoms with E-state index in [0.717, 1.165) is 36.8 Å². The molecule has 1 aromatic carbocycles. The number of hydrogen-bond acceptors (Lipinski definition) is 3. The van der Waals surface area contributed by atoms with E-state index in [4.69, 9.17) is 0 Å². The third kappa shape index (κ3) is 2.80. The monoisotopic (exact) mass is 269 g/mol. The molecule has 2 heterocycles. The smallest absolute Gasteiger partial charge is 0.252 e. The lowest BCUT2D eigenvalue weighted by Crippen LogP contribution is -2.40. The van der Waals surface area contributed by atoms with Crippen LogP contribution in [0.1, 0.15) is 29.6 Å². The van der Waals surface area contributed by atoms with Crippen LogP contribution in [0.3, 0.4) is 0 Å². The van der Waals surface area contributed by atoms with E-state index in [0.29, 0.717) is 5.56 Å². The summed E-state index contributed by atoms with van der Waals surface area (Å²) in [6.45, 7) is 1.90. The first-order valence-electron chi connectivity index (χ1n) is 7.20. The van der Waals surface area contributed by atoms with Crippen molar-refractivity contribution in [1.29, 1.82) is 0 Å². The zero-order valence-corrected chi connectivity index (χ0v) is 11.4. The van der Waals surface area contributed by atoms with E-state index in [1.54, 1.807) is 6.20 Å². The van der Waals surface area contributed by atoms with Crippen LogP contribution in [0.2, 0.25) is 0 Å². The predicted octanol–water partition coefficient (Wildman–Crippen LogP) is 2.11. The Morgan fingerprint density at radius 1 is 1.25 bits per heavy atom. The van der Waals surface area contributed by atoms with Crippen LogP contribution in [0.4, 0.5) is 0 Å². The molecule has 1 atom stereocenters. The van der Waals surface area contributed by atoms with Crippen LogP contribution in [0.15, 0.2) is 36.5 Å². The normalized spacial score (nSPS) is 19.5. The fourth-order valence-electron chi connectivity index (χ4n) is 2.71. The van der Waals surface area contributed by atoms with Gasteiger partial charge in [-0.1, -0.05) is 18.6 Å². The van der Waals surface area contributed by atoms with Gasteiger partial charge in [-0.3, -0.25) is 9.78 Å². The lowest BCUT2D eigenvalue weighted by Gasteiger charge is -2.17. The van der Waals surface area contributed by atoms with Gasteiger partial charge in [-0.25, -0.2) is 0 Å². The zero-order valence-electron chi connectivity index (χ0n) is 11.4. The number of aromatic nitrogens is 1. The molecule has 0 spiro atoms. The van der Waals surface area contributed by atoms with Crippen molar-refractivity contribution in [3.63, 3.8) is 0 Å². The van der Waals surface area contributed by atoms with E-state index in [2.05, 4.69) is 15.6 Å². The molecule has 1 unspecified atom stereocenters. The minimum absolute atomic E-state index is 0.00250. The SMILES string of the molecule is O=C(NC1CCCCNC1)c1cccc2ncccc12. The lowest BCUT2D eigenvalue weighted by molar-refractivity contribution is 0.0937. The Morgan fingerprint density at radius 2 is 2.20 bits per heavy atom. The summed E-state index contributed by atoms with van der Waals surface area (Å²) >= 11 is 0. The van der Waals surface area contributed by atoms with Crippen LogP contribution < -0.4 is 10.6 Å². The van der Waals surface area contributed by atoms with Crippen molar-refractivity contribution in [2.24, 2.45) is 0 Å². The molecular weight excluding hydrogens is 250 g/mol. The topological polar surface area (TPSA) is 54.0 Å². The summed E-state index contributed by atoms with van der Waals surface area (Å²) in [5.74, 6) is -0.00250. The highest BCUT2D eigenvalue weighted by atomic mass is 16.1. The summed E-state index contributed by atoms with van der Waals surface area (Å²) in [5, 5.41) is 7.41. The van der Waals surface area contributed by atoms with Gasteiger partial charge in [-0.15, -0.1) is 0 Å². The first kappa shape index (κ1) is 13.1. The highest BCUT2D eigenvalue weighted by molar-refractivity contribution is 6.06. The van der Waals surface area contributed by atoms with Crippen LogP contribution >= 0.6 is 0 Å². The Bertz CT molecular complexity index is 598. The molecule has 20 heavy (non-hydrogen) atoms. The number of nitrogens with zero attached hydrogens (tertiary/aromatic N) is 1. The number of hydrogen-bond donors (Lipinski definition) is 2. The van der Waals surface area contributed by atoms with E-state index in [1.165, 1.54) is 6.42 Å². The fourth-order valence-corrected chi connectivity index (χ4v) is 2.71. The average Bonchev–Trinajstić information content (AvgIpc) is 2.75. The number of amides is 1. The molecule has 0 saturated carbocycles. The largest absolute Gasteiger partial charge is 0.348 e. The molecule has 0 aliphatic carbocycles. The zero-order chi connectivity index (χ0) is 13.8. The maximum atomic E-state index is 12.5. The van der Waals surface area contributed by atoms with Gasteiger partial charge in [-0.2, -0.15) is 0 Å². The quantitative estimate of drug-likeness (QED) is 0.878. The second-order valence-corrected chi connectivity index (χ2v) is 5.25. The van der Waals surface area contributed by atoms with Crippen molar-refractivity contribution in [2.75, 3.05) is 13.1 Å². The number of carbonyl (C=O) groups excluding carboxylic acids is 1. The minimum atomic E-state index is -0.00250. The van der Waals surface area contributed by atoms with Gasteiger partial charge in [0, 0.05) is 29.7 Å². The van der Waals surface area contributed by atoms with Crippen LogP contribution in [-0.4, -0.2) is 30.0 Å². The first-order valence-corrected chi connectivity index (χ1v) is 7.20. The fraction of sp³-hybridized carbons (Fsp3) is 0.375. The Morgan fingerprint density at radius 3 is 3.15 bits per heavy atom. The number of fused-ring (bicyclic) bond motifs is 1. The summed E-state index contributed by atoms with van der Waals surface area (Å²) in [6, 6.07) is 9.71. The summed E-state index contributed by atoms with van der Waals surface area (Å²) in [4.78, 5) is 16.8. The third-order valence-electron chi connectivity index (χ3n) is 3.77. The summed E-state index contributed by atoms with van der Waals surface area (Å²) < 4.78 is 0. The molecule has 104 valence electrons. The van der Waals surface area contributed by atoms with Crippen LogP contribution in [-0.2, 0) is 0 Å². The summed E-state index contributed by atoms with van der Waals surface area (Å²) in [6.07, 6.45) is 5.14. The number of benzene rings is 1. The summed E-state index contributed by atoms with van der Waals surface area (Å²) in [5.41, 5.74) is 1.57. The van der Waals surface area contributed by atoms with Crippen molar-refractivity contribution in [3.8, 4) is 0 Å². The highest BCUT2D eigenvalue weighted by Gasteiger charge is 2.16. The molecular formula is C16H19N3O. The van der Waals surface area contributed by atoms with Gasteiger partial charge in [0.2, 0.25) is 0 Å². The van der Waals surface area contributed by atoms with Gasteiger partial charge in [0.25, 0.3) is 5.91 Å². The molecule has 1 saturated heterocycles. The predicted molar refractivity (Wildman–Crippen MR) is 79.7 cm³/mol. The second kappa shape index (κ2) is 6.01. The first-order chi connectivity index (χ1) is 9.84. The summed E-state index contributed by atoms with van der Waals surface area (Å²) in [7, 11) is 0. The maximum Gasteiger partial charge on any atom is 0.252 e. The van der Waals surface area contributed by atoms with Crippen molar-refractivity contribution >= 4 is 16.8 Å². The number of nitrogens with one attached hydrogen (secondary N) is 2. The highest BCUT2D eigenvalue weighted by Crippen LogP contribution is 2.16. The molecule has 2 N–H and O–H groups in total. The van der Waals surface area contributed by atoms with Crippen LogP contribution in [0.25, 0.3) is 10.9 Å². The van der Waals surface area contributed by atoms with Crippen molar-refractivity contribution in [2.45, 2.75) is 25.3 Å². The lowest BCUT2D eigenvalue weighted by atomic mass is 10.1. The van der Waals surface area contributed by atoms with Crippen LogP contribution in [0.5, 0.6) is 0 Å². The van der Waals surface area contributed by atoms with E-state index < -0.39 is 0 Å².